The summed E-state index contributed by atoms with van der Waals surface area (Å²) in [7, 11) is -2.39. The Kier molecular flexibility index (Phi) is 4.44. The van der Waals surface area contributed by atoms with Crippen LogP contribution in [0.3, 0.4) is 0 Å². The van der Waals surface area contributed by atoms with Gasteiger partial charge in [-0.1, -0.05) is 30.3 Å². The first-order chi connectivity index (χ1) is 9.91. The third kappa shape index (κ3) is 3.50. The molecule has 0 radical (unpaired) electrons. The van der Waals surface area contributed by atoms with Gasteiger partial charge in [0.25, 0.3) is 10.0 Å². The molecule has 2 rings (SSSR count). The minimum Gasteiger partial charge on any atom is -0.475 e. The van der Waals surface area contributed by atoms with Gasteiger partial charge in [0.15, 0.2) is 0 Å². The fourth-order valence-corrected chi connectivity index (χ4v) is 2.85. The summed E-state index contributed by atoms with van der Waals surface area (Å²) in [6, 6.07) is 11.8. The van der Waals surface area contributed by atoms with E-state index >= 15 is 0 Å². The number of hydrogen-bond acceptors (Lipinski definition) is 4. The number of hydrogen-bond donors (Lipinski definition) is 1. The zero-order valence-electron chi connectivity index (χ0n) is 11.4. The lowest BCUT2D eigenvalue weighted by Crippen LogP contribution is -2.28. The van der Waals surface area contributed by atoms with Gasteiger partial charge in [-0.3, -0.25) is 0 Å². The number of nitrogens with zero attached hydrogens (tertiary/aromatic N) is 1. The van der Waals surface area contributed by atoms with Crippen LogP contribution in [-0.2, 0) is 16.4 Å². The summed E-state index contributed by atoms with van der Waals surface area (Å²) in [5.74, 6) is -1.70. The van der Waals surface area contributed by atoms with E-state index < -0.39 is 21.8 Å². The Balaban J connectivity index is 2.09. The predicted molar refractivity (Wildman–Crippen MR) is 75.6 cm³/mol. The summed E-state index contributed by atoms with van der Waals surface area (Å²) in [4.78, 5) is 10.7. The number of aromatic carboxylic acids is 1. The lowest BCUT2D eigenvalue weighted by atomic mass is 10.2. The molecule has 0 fully saturated rings. The summed E-state index contributed by atoms with van der Waals surface area (Å²) < 4.78 is 30.5. The van der Waals surface area contributed by atoms with Crippen molar-refractivity contribution < 1.29 is 22.7 Å². The molecule has 2 aromatic rings. The third-order valence-corrected chi connectivity index (χ3v) is 4.75. The molecule has 0 saturated carbocycles. The van der Waals surface area contributed by atoms with Crippen LogP contribution in [0, 0.1) is 0 Å². The van der Waals surface area contributed by atoms with Crippen molar-refractivity contribution in [1.82, 2.24) is 4.31 Å². The largest absolute Gasteiger partial charge is 0.475 e. The molecule has 0 spiro atoms. The van der Waals surface area contributed by atoms with E-state index in [0.717, 1.165) is 22.0 Å². The molecule has 0 amide bonds. The lowest BCUT2D eigenvalue weighted by Gasteiger charge is -2.15. The van der Waals surface area contributed by atoms with Gasteiger partial charge in [0, 0.05) is 13.6 Å². The van der Waals surface area contributed by atoms with Crippen LogP contribution in [0.5, 0.6) is 0 Å². The van der Waals surface area contributed by atoms with E-state index in [2.05, 4.69) is 0 Å². The normalized spacial score (nSPS) is 11.7. The second-order valence-electron chi connectivity index (χ2n) is 4.49. The molecule has 6 nitrogen and oxygen atoms in total. The lowest BCUT2D eigenvalue weighted by molar-refractivity contribution is 0.0656. The van der Waals surface area contributed by atoms with Gasteiger partial charge in [-0.2, -0.15) is 4.31 Å². The molecule has 0 bridgehead atoms. The molecule has 112 valence electrons. The highest BCUT2D eigenvalue weighted by atomic mass is 32.2. The molecular weight excluding hydrogens is 294 g/mol. The van der Waals surface area contributed by atoms with E-state index in [1.54, 1.807) is 0 Å². The average molecular weight is 309 g/mol. The summed E-state index contributed by atoms with van der Waals surface area (Å²) in [6.07, 6.45) is 0.559. The highest BCUT2D eigenvalue weighted by molar-refractivity contribution is 7.89. The molecule has 0 aliphatic rings. The van der Waals surface area contributed by atoms with Crippen LogP contribution >= 0.6 is 0 Å². The van der Waals surface area contributed by atoms with Gasteiger partial charge >= 0.3 is 5.97 Å². The van der Waals surface area contributed by atoms with Gasteiger partial charge in [-0.25, -0.2) is 13.2 Å². The minimum atomic E-state index is -3.82. The Morgan fingerprint density at radius 2 is 1.86 bits per heavy atom. The monoisotopic (exact) mass is 309 g/mol. The van der Waals surface area contributed by atoms with Crippen molar-refractivity contribution >= 4 is 16.0 Å². The number of carboxylic acids is 1. The number of carbonyl (C=O) groups is 1. The maximum Gasteiger partial charge on any atom is 0.371 e. The number of rotatable bonds is 6. The second-order valence-corrected chi connectivity index (χ2v) is 6.46. The van der Waals surface area contributed by atoms with Gasteiger partial charge in [0.2, 0.25) is 10.9 Å². The average Bonchev–Trinajstić information content (AvgIpc) is 2.96. The molecule has 21 heavy (non-hydrogen) atoms. The first kappa shape index (κ1) is 15.3. The summed E-state index contributed by atoms with van der Waals surface area (Å²) in [5, 5.41) is 8.39. The van der Waals surface area contributed by atoms with Gasteiger partial charge in [-0.15, -0.1) is 0 Å². The van der Waals surface area contributed by atoms with Crippen LogP contribution in [0.1, 0.15) is 16.1 Å². The van der Waals surface area contributed by atoms with Crippen LogP contribution in [0.2, 0.25) is 0 Å². The first-order valence-electron chi connectivity index (χ1n) is 6.24. The summed E-state index contributed by atoms with van der Waals surface area (Å²) in [5.41, 5.74) is 1.02. The molecule has 0 aliphatic carbocycles. The molecule has 0 unspecified atom stereocenters. The number of furan rings is 1. The maximum absolute atomic E-state index is 12.2. The molecular formula is C14H15NO5S. The Morgan fingerprint density at radius 1 is 1.19 bits per heavy atom. The van der Waals surface area contributed by atoms with E-state index in [-0.39, 0.29) is 11.6 Å². The number of likely N-dealkylation sites (N-methyl/N-ethyl adjacent to an activating group) is 1. The molecule has 1 aromatic carbocycles. The van der Waals surface area contributed by atoms with Crippen LogP contribution < -0.4 is 0 Å². The number of carboxylic acid groups (broad SMARTS) is 1. The fourth-order valence-electron chi connectivity index (χ4n) is 1.78. The smallest absolute Gasteiger partial charge is 0.371 e. The van der Waals surface area contributed by atoms with Crippen LogP contribution in [0.15, 0.2) is 52.0 Å². The Hall–Kier alpha value is -2.12. The fraction of sp³-hybridized carbons (Fsp3) is 0.214. The topological polar surface area (TPSA) is 87.8 Å². The first-order valence-corrected chi connectivity index (χ1v) is 7.68. The summed E-state index contributed by atoms with van der Waals surface area (Å²) in [6.45, 7) is 0.273. The Bertz CT molecular complexity index is 721. The van der Waals surface area contributed by atoms with E-state index in [4.69, 9.17) is 9.52 Å². The van der Waals surface area contributed by atoms with E-state index in [1.807, 2.05) is 30.3 Å². The zero-order chi connectivity index (χ0) is 15.5. The highest BCUT2D eigenvalue weighted by Crippen LogP contribution is 2.18. The van der Waals surface area contributed by atoms with Crippen LogP contribution in [0.4, 0.5) is 0 Å². The second kappa shape index (κ2) is 6.11. The number of sulfonamides is 1. The van der Waals surface area contributed by atoms with Crippen molar-refractivity contribution in [3.8, 4) is 0 Å². The highest BCUT2D eigenvalue weighted by Gasteiger charge is 2.25. The predicted octanol–water partition coefficient (Wildman–Crippen LogP) is 1.84. The van der Waals surface area contributed by atoms with Gasteiger partial charge < -0.3 is 9.52 Å². The summed E-state index contributed by atoms with van der Waals surface area (Å²) >= 11 is 0. The standard InChI is InChI=1S/C14H15NO5S/c1-15(10-9-11-5-3-2-4-6-11)21(18,19)13-8-7-12(20-13)14(16)17/h2-8H,9-10H2,1H3,(H,16,17). The SMILES string of the molecule is CN(CCc1ccccc1)S(=O)(=O)c1ccc(C(=O)O)o1. The van der Waals surface area contributed by atoms with Crippen LogP contribution in [-0.4, -0.2) is 37.4 Å². The molecule has 1 aromatic heterocycles. The Labute approximate surface area is 122 Å². The third-order valence-electron chi connectivity index (χ3n) is 3.01. The maximum atomic E-state index is 12.2. The molecule has 7 heteroatoms. The van der Waals surface area contributed by atoms with Gasteiger partial charge in [-0.05, 0) is 24.1 Å². The van der Waals surface area contributed by atoms with Gasteiger partial charge in [0.05, 0.1) is 0 Å². The van der Waals surface area contributed by atoms with E-state index in [0.29, 0.717) is 6.42 Å². The van der Waals surface area contributed by atoms with Crippen molar-refractivity contribution in [2.45, 2.75) is 11.5 Å². The number of benzene rings is 1. The van der Waals surface area contributed by atoms with E-state index in [9.17, 15) is 13.2 Å². The zero-order valence-corrected chi connectivity index (χ0v) is 12.2. The van der Waals surface area contributed by atoms with Crippen molar-refractivity contribution in [3.63, 3.8) is 0 Å². The van der Waals surface area contributed by atoms with Crippen LogP contribution in [0.25, 0.3) is 0 Å². The molecule has 0 aliphatic heterocycles. The molecule has 0 atom stereocenters. The Morgan fingerprint density at radius 3 is 2.43 bits per heavy atom. The van der Waals surface area contributed by atoms with Crippen molar-refractivity contribution in [3.05, 3.63) is 53.8 Å². The minimum absolute atomic E-state index is 0.273. The van der Waals surface area contributed by atoms with E-state index in [1.165, 1.54) is 7.05 Å². The van der Waals surface area contributed by atoms with Crippen molar-refractivity contribution in [2.24, 2.45) is 0 Å². The van der Waals surface area contributed by atoms with Crippen molar-refractivity contribution in [2.75, 3.05) is 13.6 Å². The molecule has 1 heterocycles. The quantitative estimate of drug-likeness (QED) is 0.879. The van der Waals surface area contributed by atoms with Gasteiger partial charge in [0.1, 0.15) is 0 Å². The molecule has 1 N–H and O–H groups in total. The van der Waals surface area contributed by atoms with Crippen molar-refractivity contribution in [1.29, 1.82) is 0 Å². The molecule has 0 saturated heterocycles.